The molecule has 6 nitrogen and oxygen atoms in total. The van der Waals surface area contributed by atoms with Crippen LogP contribution in [0.3, 0.4) is 0 Å². The molecule has 0 spiro atoms. The number of rotatable bonds is 7. The van der Waals surface area contributed by atoms with Crippen molar-refractivity contribution in [1.82, 2.24) is 9.88 Å². The SMILES string of the molecule is C[C@@H](c1ccc(-c2ccncc2)cc1)N1CC[C@](CCC(=O)O)(c2ccccc2)OC1=O. The Kier molecular flexibility index (Phi) is 6.21. The predicted octanol–water partition coefficient (Wildman–Crippen LogP) is 5.41. The molecule has 1 aromatic heterocycles. The van der Waals surface area contributed by atoms with Crippen LogP contribution < -0.4 is 0 Å². The molecule has 0 bridgehead atoms. The Labute approximate surface area is 187 Å². The van der Waals surface area contributed by atoms with Crippen LogP contribution in [-0.2, 0) is 15.1 Å². The first-order valence-electron chi connectivity index (χ1n) is 10.8. The molecule has 0 saturated carbocycles. The van der Waals surface area contributed by atoms with E-state index >= 15 is 0 Å². The summed E-state index contributed by atoms with van der Waals surface area (Å²) >= 11 is 0. The van der Waals surface area contributed by atoms with E-state index in [0.29, 0.717) is 13.0 Å². The maximum absolute atomic E-state index is 13.1. The molecular formula is C26H26N2O4. The molecule has 1 aliphatic rings. The molecule has 2 heterocycles. The van der Waals surface area contributed by atoms with Gasteiger partial charge in [0, 0.05) is 38.2 Å². The second kappa shape index (κ2) is 9.22. The lowest BCUT2D eigenvalue weighted by atomic mass is 9.84. The van der Waals surface area contributed by atoms with Gasteiger partial charge in [-0.25, -0.2) is 4.79 Å². The van der Waals surface area contributed by atoms with E-state index in [2.05, 4.69) is 4.98 Å². The minimum Gasteiger partial charge on any atom is -0.481 e. The van der Waals surface area contributed by atoms with Crippen LogP contribution >= 0.6 is 0 Å². The molecule has 0 unspecified atom stereocenters. The number of aliphatic carboxylic acids is 1. The maximum atomic E-state index is 13.1. The largest absolute Gasteiger partial charge is 0.481 e. The van der Waals surface area contributed by atoms with Crippen LogP contribution in [0, 0.1) is 0 Å². The number of amides is 1. The molecule has 1 amide bonds. The van der Waals surface area contributed by atoms with E-state index in [1.807, 2.05) is 73.7 Å². The average Bonchev–Trinajstić information content (AvgIpc) is 2.83. The van der Waals surface area contributed by atoms with Gasteiger partial charge in [-0.3, -0.25) is 9.78 Å². The van der Waals surface area contributed by atoms with Crippen molar-refractivity contribution >= 4 is 12.1 Å². The number of ether oxygens (including phenoxy) is 1. The number of cyclic esters (lactones) is 1. The van der Waals surface area contributed by atoms with Gasteiger partial charge in [-0.1, -0.05) is 54.6 Å². The molecule has 3 aromatic rings. The highest BCUT2D eigenvalue weighted by Crippen LogP contribution is 2.40. The van der Waals surface area contributed by atoms with Crippen molar-refractivity contribution in [2.24, 2.45) is 0 Å². The number of carboxylic acid groups (broad SMARTS) is 1. The van der Waals surface area contributed by atoms with E-state index in [0.717, 1.165) is 22.3 Å². The van der Waals surface area contributed by atoms with Gasteiger partial charge >= 0.3 is 12.1 Å². The van der Waals surface area contributed by atoms with Gasteiger partial charge in [0.2, 0.25) is 0 Å². The first-order valence-corrected chi connectivity index (χ1v) is 10.8. The number of carbonyl (C=O) groups excluding carboxylic acids is 1. The normalized spacial score (nSPS) is 19.3. The van der Waals surface area contributed by atoms with Crippen LogP contribution in [0.15, 0.2) is 79.1 Å². The maximum Gasteiger partial charge on any atom is 0.411 e. The summed E-state index contributed by atoms with van der Waals surface area (Å²) in [4.78, 5) is 30.1. The fourth-order valence-electron chi connectivity index (χ4n) is 4.27. The first kappa shape index (κ1) is 21.6. The number of carboxylic acids is 1. The topological polar surface area (TPSA) is 79.7 Å². The standard InChI is InChI=1S/C26H26N2O4/c1-19(20-7-9-21(10-8-20)22-12-16-27-17-13-22)28-18-15-26(32-25(28)31,14-11-24(29)30)23-5-3-2-4-6-23/h2-10,12-13,16-17,19H,11,14-15,18H2,1H3,(H,29,30)/t19-,26+/m0/s1. The fraction of sp³-hybridized carbons (Fsp3) is 0.269. The van der Waals surface area contributed by atoms with Crippen molar-refractivity contribution < 1.29 is 19.4 Å². The van der Waals surface area contributed by atoms with Gasteiger partial charge in [0.05, 0.1) is 6.04 Å². The number of pyridine rings is 1. The van der Waals surface area contributed by atoms with Crippen LogP contribution in [0.5, 0.6) is 0 Å². The van der Waals surface area contributed by atoms with Crippen molar-refractivity contribution in [3.63, 3.8) is 0 Å². The molecule has 6 heteroatoms. The highest BCUT2D eigenvalue weighted by molar-refractivity contribution is 5.71. The highest BCUT2D eigenvalue weighted by Gasteiger charge is 2.43. The lowest BCUT2D eigenvalue weighted by Crippen LogP contribution is -2.48. The van der Waals surface area contributed by atoms with Gasteiger partial charge in [0.25, 0.3) is 0 Å². The third kappa shape index (κ3) is 4.49. The van der Waals surface area contributed by atoms with Crippen molar-refractivity contribution in [2.75, 3.05) is 6.54 Å². The Balaban J connectivity index is 1.51. The molecule has 4 rings (SSSR count). The average molecular weight is 431 g/mol. The van der Waals surface area contributed by atoms with Crippen LogP contribution in [0.1, 0.15) is 43.4 Å². The minimum atomic E-state index is -0.918. The minimum absolute atomic E-state index is 0.0613. The quantitative estimate of drug-likeness (QED) is 0.542. The predicted molar refractivity (Wildman–Crippen MR) is 121 cm³/mol. The van der Waals surface area contributed by atoms with Crippen LogP contribution in [0.25, 0.3) is 11.1 Å². The summed E-state index contributed by atoms with van der Waals surface area (Å²) < 4.78 is 5.98. The summed E-state index contributed by atoms with van der Waals surface area (Å²) in [7, 11) is 0. The van der Waals surface area contributed by atoms with Crippen LogP contribution in [0.4, 0.5) is 4.79 Å². The summed E-state index contributed by atoms with van der Waals surface area (Å²) in [5, 5.41) is 9.21. The Morgan fingerprint density at radius 2 is 1.72 bits per heavy atom. The highest BCUT2D eigenvalue weighted by atomic mass is 16.6. The van der Waals surface area contributed by atoms with Crippen molar-refractivity contribution in [3.05, 3.63) is 90.3 Å². The van der Waals surface area contributed by atoms with Gasteiger partial charge in [0.1, 0.15) is 5.60 Å². The van der Waals surface area contributed by atoms with E-state index in [1.165, 1.54) is 0 Å². The summed E-state index contributed by atoms with van der Waals surface area (Å²) in [5.41, 5.74) is 3.10. The molecule has 32 heavy (non-hydrogen) atoms. The van der Waals surface area contributed by atoms with Gasteiger partial charge in [-0.2, -0.15) is 0 Å². The zero-order chi connectivity index (χ0) is 22.6. The number of aromatic nitrogens is 1. The van der Waals surface area contributed by atoms with Crippen LogP contribution in [-0.4, -0.2) is 33.6 Å². The monoisotopic (exact) mass is 430 g/mol. The van der Waals surface area contributed by atoms with Crippen molar-refractivity contribution in [1.29, 1.82) is 0 Å². The van der Waals surface area contributed by atoms with Gasteiger partial charge in [-0.05, 0) is 41.3 Å². The van der Waals surface area contributed by atoms with Crippen molar-refractivity contribution in [3.8, 4) is 11.1 Å². The van der Waals surface area contributed by atoms with Crippen LogP contribution in [0.2, 0.25) is 0 Å². The van der Waals surface area contributed by atoms with Crippen molar-refractivity contribution in [2.45, 2.75) is 37.8 Å². The lowest BCUT2D eigenvalue weighted by molar-refractivity contribution is -0.139. The Hall–Kier alpha value is -3.67. The smallest absolute Gasteiger partial charge is 0.411 e. The number of benzene rings is 2. The molecule has 2 aromatic carbocycles. The summed E-state index contributed by atoms with van der Waals surface area (Å²) in [6, 6.07) is 21.3. The zero-order valence-electron chi connectivity index (χ0n) is 18.0. The molecular weight excluding hydrogens is 404 g/mol. The molecule has 1 saturated heterocycles. The van der Waals surface area contributed by atoms with E-state index in [4.69, 9.17) is 4.74 Å². The summed E-state index contributed by atoms with van der Waals surface area (Å²) in [6.07, 6.45) is 3.83. The third-order valence-corrected chi connectivity index (χ3v) is 6.19. The van der Waals surface area contributed by atoms with E-state index in [1.54, 1.807) is 17.3 Å². The second-order valence-electron chi connectivity index (χ2n) is 8.10. The number of hydrogen-bond donors (Lipinski definition) is 1. The Morgan fingerprint density at radius 1 is 1.06 bits per heavy atom. The molecule has 0 radical (unpaired) electrons. The second-order valence-corrected chi connectivity index (χ2v) is 8.10. The summed E-state index contributed by atoms with van der Waals surface area (Å²) in [5.74, 6) is -0.901. The molecule has 1 N–H and O–H groups in total. The third-order valence-electron chi connectivity index (χ3n) is 6.19. The van der Waals surface area contributed by atoms with E-state index in [9.17, 15) is 14.7 Å². The Morgan fingerprint density at radius 3 is 2.34 bits per heavy atom. The molecule has 1 fully saturated rings. The number of nitrogens with zero attached hydrogens (tertiary/aromatic N) is 2. The molecule has 1 aliphatic heterocycles. The Bertz CT molecular complexity index is 1070. The van der Waals surface area contributed by atoms with E-state index in [-0.39, 0.29) is 18.9 Å². The summed E-state index contributed by atoms with van der Waals surface area (Å²) in [6.45, 7) is 2.47. The fourth-order valence-corrected chi connectivity index (χ4v) is 4.27. The van der Waals surface area contributed by atoms with Gasteiger partial charge < -0.3 is 14.7 Å². The molecule has 164 valence electrons. The first-order chi connectivity index (χ1) is 15.5. The van der Waals surface area contributed by atoms with Gasteiger partial charge in [-0.15, -0.1) is 0 Å². The lowest BCUT2D eigenvalue weighted by Gasteiger charge is -2.43. The number of hydrogen-bond acceptors (Lipinski definition) is 4. The van der Waals surface area contributed by atoms with Gasteiger partial charge in [0.15, 0.2) is 0 Å². The molecule has 2 atom stereocenters. The van der Waals surface area contributed by atoms with E-state index < -0.39 is 17.7 Å². The molecule has 0 aliphatic carbocycles. The number of carbonyl (C=O) groups is 2. The zero-order valence-corrected chi connectivity index (χ0v) is 18.0.